The summed E-state index contributed by atoms with van der Waals surface area (Å²) < 4.78 is 21.6. The predicted molar refractivity (Wildman–Crippen MR) is 186 cm³/mol. The van der Waals surface area contributed by atoms with Gasteiger partial charge in [0.15, 0.2) is 6.29 Å². The van der Waals surface area contributed by atoms with Crippen LogP contribution in [0.2, 0.25) is 0 Å². The normalized spacial score (nSPS) is 51.2. The van der Waals surface area contributed by atoms with Crippen LogP contribution in [0.25, 0.3) is 0 Å². The first-order chi connectivity index (χ1) is 22.7. The zero-order valence-corrected chi connectivity index (χ0v) is 31.3. The molecule has 8 rings (SSSR count). The number of morpholine rings is 1. The summed E-state index contributed by atoms with van der Waals surface area (Å²) in [6.07, 6.45) is 12.3. The topological polar surface area (TPSA) is 88.5 Å². The summed E-state index contributed by atoms with van der Waals surface area (Å²) >= 11 is 4.61. The Kier molecular flexibility index (Phi) is 8.34. The number of thiol groups is 1. The van der Waals surface area contributed by atoms with Crippen LogP contribution >= 0.6 is 12.8 Å². The van der Waals surface area contributed by atoms with Gasteiger partial charge in [-0.3, -0.25) is 4.79 Å². The fourth-order valence-corrected chi connectivity index (χ4v) is 14.2. The first-order valence-electron chi connectivity index (χ1n) is 19.5. The van der Waals surface area contributed by atoms with E-state index in [1.807, 2.05) is 11.8 Å². The quantitative estimate of drug-likeness (QED) is 0.243. The summed E-state index contributed by atoms with van der Waals surface area (Å²) in [5.41, 5.74) is 0.463. The van der Waals surface area contributed by atoms with Gasteiger partial charge in [0.1, 0.15) is 6.29 Å². The molecule has 9 heteroatoms. The van der Waals surface area contributed by atoms with Crippen molar-refractivity contribution in [3.8, 4) is 0 Å². The molecule has 48 heavy (non-hydrogen) atoms. The molecule has 2 spiro atoms. The standard InChI is InChI=1S/C39H62N2O6S/c1-23-17-26(19-41(48)24(2)21-42)46-33-32(23)36(5)13-14-39-22-38(39)12-11-29(35(3,4)27(38)9-10-28(39)37(36,6)34(33)44)47-31-20-40(15-16-45-31)30(43)18-25-7-8-25/h21,23-29,31-34,44,48H,7-20,22H2,1-6H3/t23-,24?,26?,27+,28?,29?,31+,32+,33?,34+,36?,37-,38?,39?/m1/s1. The van der Waals surface area contributed by atoms with Crippen molar-refractivity contribution in [1.82, 2.24) is 9.21 Å². The molecule has 0 aromatic rings. The van der Waals surface area contributed by atoms with E-state index in [2.05, 4.69) is 47.4 Å². The molecular weight excluding hydrogens is 625 g/mol. The molecule has 14 atom stereocenters. The van der Waals surface area contributed by atoms with E-state index < -0.39 is 6.10 Å². The third kappa shape index (κ3) is 4.78. The summed E-state index contributed by atoms with van der Waals surface area (Å²) in [4.78, 5) is 26.3. The van der Waals surface area contributed by atoms with Gasteiger partial charge in [0, 0.05) is 24.9 Å². The number of fused-ring (bicyclic) bond motifs is 4. The Bertz CT molecular complexity index is 1290. The van der Waals surface area contributed by atoms with Crippen molar-refractivity contribution in [3.05, 3.63) is 0 Å². The van der Waals surface area contributed by atoms with E-state index in [1.165, 1.54) is 38.5 Å². The average molecular weight is 687 g/mol. The van der Waals surface area contributed by atoms with Gasteiger partial charge in [-0.05, 0) is 122 Å². The minimum Gasteiger partial charge on any atom is -0.390 e. The maximum absolute atomic E-state index is 12.9. The molecule has 1 amide bonds. The number of aliphatic hydroxyl groups is 1. The summed E-state index contributed by atoms with van der Waals surface area (Å²) in [6.45, 7) is 16.5. The van der Waals surface area contributed by atoms with Crippen LogP contribution in [0, 0.1) is 56.7 Å². The first kappa shape index (κ1) is 34.4. The SMILES string of the molecule is CC(C=O)N(S)CC1C[C@@H](C)[C@H]2C(O1)[C@H](O)[C@@]1(C)C3CC[C@H]4C(C)(C)C(O[C@H]5CN(C(=O)CC6CC6)CCO5)CCC45CC35CCC21C. The third-order valence-corrected chi connectivity index (χ3v) is 17.3. The highest BCUT2D eigenvalue weighted by Gasteiger charge is 2.84. The molecule has 6 aliphatic carbocycles. The fraction of sp³-hybridized carbons (Fsp3) is 0.949. The van der Waals surface area contributed by atoms with Crippen LogP contribution in [-0.2, 0) is 23.8 Å². The second-order valence-corrected chi connectivity index (χ2v) is 19.6. The molecule has 0 radical (unpaired) electrons. The summed E-state index contributed by atoms with van der Waals surface area (Å²) in [7, 11) is 0. The largest absolute Gasteiger partial charge is 0.390 e. The lowest BCUT2D eigenvalue weighted by Crippen LogP contribution is -2.60. The Labute approximate surface area is 294 Å². The van der Waals surface area contributed by atoms with Crippen LogP contribution in [0.4, 0.5) is 0 Å². The van der Waals surface area contributed by atoms with E-state index in [1.54, 1.807) is 4.31 Å². The van der Waals surface area contributed by atoms with Crippen molar-refractivity contribution in [3.63, 3.8) is 0 Å². The Balaban J connectivity index is 0.989. The second-order valence-electron chi connectivity index (χ2n) is 19.0. The zero-order chi connectivity index (χ0) is 34.0. The van der Waals surface area contributed by atoms with Crippen molar-refractivity contribution in [2.45, 2.75) is 149 Å². The molecule has 270 valence electrons. The fourth-order valence-electron chi connectivity index (χ4n) is 14.0. The van der Waals surface area contributed by atoms with Gasteiger partial charge in [0.2, 0.25) is 5.91 Å². The lowest BCUT2D eigenvalue weighted by Gasteiger charge is -2.64. The van der Waals surface area contributed by atoms with E-state index >= 15 is 0 Å². The minimum absolute atomic E-state index is 0.0164. The van der Waals surface area contributed by atoms with Gasteiger partial charge in [-0.2, -0.15) is 0 Å². The number of carbonyl (C=O) groups excluding carboxylic acids is 2. The van der Waals surface area contributed by atoms with Crippen LogP contribution in [0.3, 0.4) is 0 Å². The number of amides is 1. The Morgan fingerprint density at radius 3 is 2.54 bits per heavy atom. The van der Waals surface area contributed by atoms with Crippen molar-refractivity contribution >= 4 is 25.0 Å². The lowest BCUT2D eigenvalue weighted by atomic mass is 9.41. The number of hydrogen-bond acceptors (Lipinski definition) is 8. The van der Waals surface area contributed by atoms with Crippen LogP contribution in [-0.4, -0.2) is 89.5 Å². The smallest absolute Gasteiger partial charge is 0.223 e. The van der Waals surface area contributed by atoms with Crippen molar-refractivity contribution < 1.29 is 28.9 Å². The van der Waals surface area contributed by atoms with Crippen LogP contribution in [0.5, 0.6) is 0 Å². The zero-order valence-electron chi connectivity index (χ0n) is 30.4. The molecule has 2 heterocycles. The van der Waals surface area contributed by atoms with E-state index in [0.717, 1.165) is 32.0 Å². The van der Waals surface area contributed by atoms with E-state index in [4.69, 9.17) is 14.2 Å². The van der Waals surface area contributed by atoms with Gasteiger partial charge in [-0.15, -0.1) is 0 Å². The number of hydrogen-bond donors (Lipinski definition) is 2. The second kappa shape index (κ2) is 11.6. The third-order valence-electron chi connectivity index (χ3n) is 16.7. The molecule has 8 aliphatic rings. The summed E-state index contributed by atoms with van der Waals surface area (Å²) in [6, 6.07) is -0.270. The van der Waals surface area contributed by atoms with Crippen LogP contribution < -0.4 is 0 Å². The predicted octanol–water partition coefficient (Wildman–Crippen LogP) is 5.90. The first-order valence-corrected chi connectivity index (χ1v) is 19.9. The molecule has 0 aromatic heterocycles. The van der Waals surface area contributed by atoms with Crippen molar-refractivity contribution in [2.75, 3.05) is 26.2 Å². The maximum atomic E-state index is 12.9. The molecule has 8 fully saturated rings. The van der Waals surface area contributed by atoms with Gasteiger partial charge in [-0.1, -0.05) is 47.4 Å². The molecule has 6 saturated carbocycles. The van der Waals surface area contributed by atoms with E-state index in [-0.39, 0.29) is 58.2 Å². The van der Waals surface area contributed by atoms with Gasteiger partial charge in [0.25, 0.3) is 0 Å². The molecular formula is C39H62N2O6S. The lowest BCUT2D eigenvalue weighted by molar-refractivity contribution is -0.248. The van der Waals surface area contributed by atoms with Gasteiger partial charge < -0.3 is 29.0 Å². The van der Waals surface area contributed by atoms with Crippen molar-refractivity contribution in [2.24, 2.45) is 56.7 Å². The maximum Gasteiger partial charge on any atom is 0.223 e. The van der Waals surface area contributed by atoms with Gasteiger partial charge in [0.05, 0.1) is 43.6 Å². The highest BCUT2D eigenvalue weighted by Crippen LogP contribution is 2.89. The molecule has 0 bridgehead atoms. The average Bonchev–Trinajstić information content (AvgIpc) is 3.97. The molecule has 2 aliphatic heterocycles. The van der Waals surface area contributed by atoms with Gasteiger partial charge >= 0.3 is 0 Å². The van der Waals surface area contributed by atoms with Crippen LogP contribution in [0.1, 0.15) is 112 Å². The van der Waals surface area contributed by atoms with E-state index in [9.17, 15) is 14.7 Å². The number of aliphatic hydroxyl groups excluding tert-OH is 1. The van der Waals surface area contributed by atoms with Gasteiger partial charge in [-0.25, -0.2) is 4.31 Å². The summed E-state index contributed by atoms with van der Waals surface area (Å²) in [5.74, 6) is 2.72. The molecule has 2 saturated heterocycles. The Morgan fingerprint density at radius 1 is 1.08 bits per heavy atom. The monoisotopic (exact) mass is 686 g/mol. The summed E-state index contributed by atoms with van der Waals surface area (Å²) in [5, 5.41) is 12.5. The Hall–Kier alpha value is -0.710. The molecule has 8 unspecified atom stereocenters. The van der Waals surface area contributed by atoms with Crippen molar-refractivity contribution in [1.29, 1.82) is 0 Å². The van der Waals surface area contributed by atoms with Crippen LogP contribution in [0.15, 0.2) is 0 Å². The van der Waals surface area contributed by atoms with E-state index in [0.29, 0.717) is 67.7 Å². The molecule has 0 aromatic carbocycles. The number of ether oxygens (including phenoxy) is 3. The Morgan fingerprint density at radius 2 is 1.81 bits per heavy atom. The minimum atomic E-state index is -0.493. The highest BCUT2D eigenvalue weighted by molar-refractivity contribution is 7.77. The highest BCUT2D eigenvalue weighted by atomic mass is 32.1. The number of carbonyl (C=O) groups is 2. The number of rotatable bonds is 8. The molecule has 8 nitrogen and oxygen atoms in total. The number of nitrogens with zero attached hydrogens (tertiary/aromatic N) is 2. The molecule has 1 N–H and O–H groups in total. The number of aldehydes is 1.